The van der Waals surface area contributed by atoms with Gasteiger partial charge < -0.3 is 10.4 Å². The molecule has 2 N–H and O–H groups in total. The van der Waals surface area contributed by atoms with Gasteiger partial charge in [-0.3, -0.25) is 4.79 Å². The molecule has 102 valence electrons. The smallest absolute Gasteiger partial charge is 0.251 e. The second kappa shape index (κ2) is 7.83. The van der Waals surface area contributed by atoms with Crippen LogP contribution in [0.1, 0.15) is 42.6 Å². The van der Waals surface area contributed by atoms with Crippen LogP contribution in [0.3, 0.4) is 0 Å². The van der Waals surface area contributed by atoms with Crippen molar-refractivity contribution in [1.29, 1.82) is 0 Å². The Balaban J connectivity index is 2.85. The Morgan fingerprint density at radius 1 is 1.42 bits per heavy atom. The van der Waals surface area contributed by atoms with Gasteiger partial charge in [0.15, 0.2) is 0 Å². The third-order valence-electron chi connectivity index (χ3n) is 2.85. The third kappa shape index (κ3) is 4.59. The molecular weight excluding hydrogens is 262 g/mol. The van der Waals surface area contributed by atoms with E-state index in [1.54, 1.807) is 18.2 Å². The highest BCUT2D eigenvalue weighted by molar-refractivity contribution is 6.32. The molecule has 1 amide bonds. The molecule has 1 aromatic rings. The summed E-state index contributed by atoms with van der Waals surface area (Å²) in [6, 6.07) is 5.15. The molecule has 0 saturated carbocycles. The average Bonchev–Trinajstić information content (AvgIpc) is 2.43. The standard InChI is InChI=1S/C15H18ClNO2/c1-3-13(4-2)17-15(19)12-8-7-11(6-5-9-18)14(16)10-12/h7-8,10,13,18H,3-4,9H2,1-2H3,(H,17,19). The molecule has 0 aliphatic carbocycles. The van der Waals surface area contributed by atoms with Gasteiger partial charge in [0.25, 0.3) is 5.91 Å². The quantitative estimate of drug-likeness (QED) is 0.833. The molecular formula is C15H18ClNO2. The molecule has 0 aromatic heterocycles. The molecule has 0 aliphatic heterocycles. The van der Waals surface area contributed by atoms with Crippen LogP contribution in [0, 0.1) is 11.8 Å². The summed E-state index contributed by atoms with van der Waals surface area (Å²) in [5.74, 6) is 5.13. The number of carbonyl (C=O) groups is 1. The van der Waals surface area contributed by atoms with E-state index in [-0.39, 0.29) is 18.6 Å². The first-order valence-electron chi connectivity index (χ1n) is 6.32. The predicted octanol–water partition coefficient (Wildman–Crippen LogP) is 2.60. The minimum Gasteiger partial charge on any atom is -0.384 e. The molecule has 19 heavy (non-hydrogen) atoms. The zero-order valence-electron chi connectivity index (χ0n) is 11.2. The number of hydrogen-bond acceptors (Lipinski definition) is 2. The number of carbonyl (C=O) groups excluding carboxylic acids is 1. The summed E-state index contributed by atoms with van der Waals surface area (Å²) in [4.78, 5) is 12.0. The molecule has 4 heteroatoms. The van der Waals surface area contributed by atoms with E-state index in [2.05, 4.69) is 17.2 Å². The number of nitrogens with one attached hydrogen (secondary N) is 1. The van der Waals surface area contributed by atoms with E-state index >= 15 is 0 Å². The van der Waals surface area contributed by atoms with Gasteiger partial charge in [0.1, 0.15) is 6.61 Å². The molecule has 0 spiro atoms. The average molecular weight is 280 g/mol. The van der Waals surface area contributed by atoms with Gasteiger partial charge in [0, 0.05) is 17.2 Å². The summed E-state index contributed by atoms with van der Waals surface area (Å²) in [5.41, 5.74) is 1.13. The van der Waals surface area contributed by atoms with Crippen molar-refractivity contribution in [1.82, 2.24) is 5.32 Å². The van der Waals surface area contributed by atoms with Crippen molar-refractivity contribution >= 4 is 17.5 Å². The van der Waals surface area contributed by atoms with Gasteiger partial charge in [0.05, 0.1) is 5.02 Å². The van der Waals surface area contributed by atoms with Gasteiger partial charge in [-0.25, -0.2) is 0 Å². The molecule has 0 bridgehead atoms. The van der Waals surface area contributed by atoms with Gasteiger partial charge in [-0.15, -0.1) is 0 Å². The van der Waals surface area contributed by atoms with Crippen molar-refractivity contribution in [2.75, 3.05) is 6.61 Å². The van der Waals surface area contributed by atoms with Crippen LogP contribution in [0.15, 0.2) is 18.2 Å². The lowest BCUT2D eigenvalue weighted by molar-refractivity contribution is 0.0935. The highest BCUT2D eigenvalue weighted by atomic mass is 35.5. The molecule has 0 aliphatic rings. The Kier molecular flexibility index (Phi) is 6.41. The summed E-state index contributed by atoms with van der Waals surface area (Å²) < 4.78 is 0. The van der Waals surface area contributed by atoms with Crippen LogP contribution < -0.4 is 5.32 Å². The normalized spacial score (nSPS) is 9.95. The maximum Gasteiger partial charge on any atom is 0.251 e. The Labute approximate surface area is 119 Å². The van der Waals surface area contributed by atoms with Crippen molar-refractivity contribution in [2.45, 2.75) is 32.7 Å². The summed E-state index contributed by atoms with van der Waals surface area (Å²) >= 11 is 6.05. The highest BCUT2D eigenvalue weighted by Gasteiger charge is 2.11. The first-order chi connectivity index (χ1) is 9.12. The van der Waals surface area contributed by atoms with E-state index in [9.17, 15) is 4.79 Å². The number of halogens is 1. The fourth-order valence-corrected chi connectivity index (χ4v) is 1.88. The molecule has 1 rings (SSSR count). The fourth-order valence-electron chi connectivity index (χ4n) is 1.65. The van der Waals surface area contributed by atoms with E-state index in [1.165, 1.54) is 0 Å². The van der Waals surface area contributed by atoms with Crippen LogP contribution in [0.4, 0.5) is 0 Å². The fraction of sp³-hybridized carbons (Fsp3) is 0.400. The highest BCUT2D eigenvalue weighted by Crippen LogP contribution is 2.17. The zero-order valence-corrected chi connectivity index (χ0v) is 11.9. The monoisotopic (exact) mass is 279 g/mol. The first kappa shape index (κ1) is 15.6. The summed E-state index contributed by atoms with van der Waals surface area (Å²) in [6.07, 6.45) is 1.80. The molecule has 0 atom stereocenters. The Bertz CT molecular complexity index is 499. The van der Waals surface area contributed by atoms with Crippen LogP contribution in [0.2, 0.25) is 5.02 Å². The Hall–Kier alpha value is -1.50. The minimum absolute atomic E-state index is 0.128. The van der Waals surface area contributed by atoms with E-state index in [0.717, 1.165) is 12.8 Å². The maximum atomic E-state index is 12.0. The van der Waals surface area contributed by atoms with Crippen LogP contribution in [-0.2, 0) is 0 Å². The first-order valence-corrected chi connectivity index (χ1v) is 6.70. The molecule has 0 fully saturated rings. The summed E-state index contributed by atoms with van der Waals surface area (Å²) in [6.45, 7) is 3.86. The minimum atomic E-state index is -0.215. The second-order valence-corrected chi connectivity index (χ2v) is 4.55. The van der Waals surface area contributed by atoms with Crippen LogP contribution in [-0.4, -0.2) is 23.7 Å². The van der Waals surface area contributed by atoms with Crippen LogP contribution in [0.5, 0.6) is 0 Å². The number of aliphatic hydroxyl groups excluding tert-OH is 1. The lowest BCUT2D eigenvalue weighted by atomic mass is 10.1. The van der Waals surface area contributed by atoms with Crippen molar-refractivity contribution in [3.63, 3.8) is 0 Å². The Morgan fingerprint density at radius 2 is 2.11 bits per heavy atom. The van der Waals surface area contributed by atoms with Crippen LogP contribution in [0.25, 0.3) is 0 Å². The van der Waals surface area contributed by atoms with E-state index in [0.29, 0.717) is 16.1 Å². The number of benzene rings is 1. The molecule has 3 nitrogen and oxygen atoms in total. The third-order valence-corrected chi connectivity index (χ3v) is 3.17. The Morgan fingerprint density at radius 3 is 2.63 bits per heavy atom. The number of rotatable bonds is 4. The van der Waals surface area contributed by atoms with E-state index < -0.39 is 0 Å². The van der Waals surface area contributed by atoms with Gasteiger partial charge >= 0.3 is 0 Å². The lowest BCUT2D eigenvalue weighted by Gasteiger charge is -2.14. The molecule has 0 saturated heterocycles. The number of hydrogen-bond donors (Lipinski definition) is 2. The summed E-state index contributed by atoms with van der Waals surface area (Å²) in [7, 11) is 0. The topological polar surface area (TPSA) is 49.3 Å². The van der Waals surface area contributed by atoms with Crippen molar-refractivity contribution in [3.8, 4) is 11.8 Å². The van der Waals surface area contributed by atoms with Crippen molar-refractivity contribution in [2.24, 2.45) is 0 Å². The van der Waals surface area contributed by atoms with Gasteiger partial charge in [-0.2, -0.15) is 0 Å². The summed E-state index contributed by atoms with van der Waals surface area (Å²) in [5, 5.41) is 12.0. The van der Waals surface area contributed by atoms with Gasteiger partial charge in [-0.05, 0) is 31.0 Å². The maximum absolute atomic E-state index is 12.0. The largest absolute Gasteiger partial charge is 0.384 e. The van der Waals surface area contributed by atoms with Crippen molar-refractivity contribution in [3.05, 3.63) is 34.3 Å². The van der Waals surface area contributed by atoms with E-state index in [4.69, 9.17) is 16.7 Å². The zero-order chi connectivity index (χ0) is 14.3. The molecule has 0 radical (unpaired) electrons. The molecule has 0 heterocycles. The van der Waals surface area contributed by atoms with Gasteiger partial charge in [0.2, 0.25) is 0 Å². The molecule has 0 unspecified atom stereocenters. The number of aliphatic hydroxyl groups is 1. The lowest BCUT2D eigenvalue weighted by Crippen LogP contribution is -2.33. The predicted molar refractivity (Wildman–Crippen MR) is 77.3 cm³/mol. The van der Waals surface area contributed by atoms with Gasteiger partial charge in [-0.1, -0.05) is 37.3 Å². The second-order valence-electron chi connectivity index (χ2n) is 4.14. The van der Waals surface area contributed by atoms with Crippen LogP contribution >= 0.6 is 11.6 Å². The molecule has 1 aromatic carbocycles. The number of amides is 1. The SMILES string of the molecule is CCC(CC)NC(=O)c1ccc(C#CCO)c(Cl)c1. The van der Waals surface area contributed by atoms with Crippen molar-refractivity contribution < 1.29 is 9.90 Å². The van der Waals surface area contributed by atoms with E-state index in [1.807, 2.05) is 13.8 Å².